The van der Waals surface area contributed by atoms with Gasteiger partial charge in [0.1, 0.15) is 12.7 Å². The van der Waals surface area contributed by atoms with E-state index in [1.807, 2.05) is 13.1 Å². The van der Waals surface area contributed by atoms with Gasteiger partial charge in [0.25, 0.3) is 0 Å². The van der Waals surface area contributed by atoms with Crippen LogP contribution in [0.25, 0.3) is 5.13 Å². The van der Waals surface area contributed by atoms with Crippen LogP contribution in [-0.2, 0) is 0 Å². The molecule has 0 saturated heterocycles. The van der Waals surface area contributed by atoms with Crippen LogP contribution in [0, 0.1) is 6.92 Å². The second-order valence-electron chi connectivity index (χ2n) is 2.12. The first-order chi connectivity index (χ1) is 5.36. The number of thiazole rings is 1. The Kier molecular flexibility index (Phi) is 1.43. The van der Waals surface area contributed by atoms with E-state index in [1.54, 1.807) is 28.6 Å². The molecule has 2 rings (SSSR count). The van der Waals surface area contributed by atoms with Crippen molar-refractivity contribution in [1.82, 2.24) is 19.7 Å². The highest BCUT2D eigenvalue weighted by atomic mass is 32.1. The van der Waals surface area contributed by atoms with Crippen LogP contribution in [0.3, 0.4) is 0 Å². The summed E-state index contributed by atoms with van der Waals surface area (Å²) in [4.78, 5) is 5.35. The molecule has 2 heterocycles. The molecule has 0 aliphatic heterocycles. The fraction of sp³-hybridized carbons (Fsp3) is 0.167. The highest BCUT2D eigenvalue weighted by Gasteiger charge is 1.99. The number of aromatic nitrogens is 4. The Morgan fingerprint density at radius 1 is 1.36 bits per heavy atom. The SMILES string of the molecule is Cc1cnc(-n2cnnc2)s1. The monoisotopic (exact) mass is 166 g/mol. The average Bonchev–Trinajstić information content (AvgIpc) is 2.55. The third kappa shape index (κ3) is 1.14. The van der Waals surface area contributed by atoms with Crippen LogP contribution >= 0.6 is 11.3 Å². The fourth-order valence-corrected chi connectivity index (χ4v) is 1.46. The molecule has 2 aromatic rings. The first-order valence-corrected chi connectivity index (χ1v) is 3.95. The molecule has 11 heavy (non-hydrogen) atoms. The lowest BCUT2D eigenvalue weighted by Crippen LogP contribution is -1.86. The van der Waals surface area contributed by atoms with Gasteiger partial charge in [0.2, 0.25) is 0 Å². The van der Waals surface area contributed by atoms with Crippen molar-refractivity contribution in [3.05, 3.63) is 23.7 Å². The highest BCUT2D eigenvalue weighted by Crippen LogP contribution is 2.14. The van der Waals surface area contributed by atoms with Gasteiger partial charge in [-0.15, -0.1) is 21.5 Å². The van der Waals surface area contributed by atoms with E-state index in [4.69, 9.17) is 0 Å². The van der Waals surface area contributed by atoms with Gasteiger partial charge in [-0.25, -0.2) is 4.98 Å². The summed E-state index contributed by atoms with van der Waals surface area (Å²) >= 11 is 1.62. The van der Waals surface area contributed by atoms with Crippen molar-refractivity contribution in [1.29, 1.82) is 0 Å². The Morgan fingerprint density at radius 3 is 2.64 bits per heavy atom. The van der Waals surface area contributed by atoms with Crippen molar-refractivity contribution in [2.45, 2.75) is 6.92 Å². The minimum absolute atomic E-state index is 0.910. The van der Waals surface area contributed by atoms with Gasteiger partial charge in [-0.1, -0.05) is 0 Å². The maximum Gasteiger partial charge on any atom is 0.196 e. The minimum Gasteiger partial charge on any atom is -0.263 e. The standard InChI is InChI=1S/C6H6N4S/c1-5-2-7-6(11-5)10-3-8-9-4-10/h2-4H,1H3. The van der Waals surface area contributed by atoms with E-state index in [1.165, 1.54) is 4.88 Å². The van der Waals surface area contributed by atoms with Crippen LogP contribution in [0.2, 0.25) is 0 Å². The summed E-state index contributed by atoms with van der Waals surface area (Å²) < 4.78 is 1.79. The zero-order chi connectivity index (χ0) is 7.68. The molecule has 0 radical (unpaired) electrons. The van der Waals surface area contributed by atoms with E-state index in [9.17, 15) is 0 Å². The molecule has 56 valence electrons. The van der Waals surface area contributed by atoms with Crippen LogP contribution in [0.15, 0.2) is 18.9 Å². The maximum absolute atomic E-state index is 4.16. The lowest BCUT2D eigenvalue weighted by molar-refractivity contribution is 1.03. The summed E-state index contributed by atoms with van der Waals surface area (Å²) in [5.41, 5.74) is 0. The molecule has 0 saturated carbocycles. The summed E-state index contributed by atoms with van der Waals surface area (Å²) in [6.07, 6.45) is 5.11. The van der Waals surface area contributed by atoms with Crippen LogP contribution < -0.4 is 0 Å². The first-order valence-electron chi connectivity index (χ1n) is 3.14. The minimum atomic E-state index is 0.910. The van der Waals surface area contributed by atoms with Crippen LogP contribution in [-0.4, -0.2) is 19.7 Å². The predicted octanol–water partition coefficient (Wildman–Crippen LogP) is 1.03. The lowest BCUT2D eigenvalue weighted by Gasteiger charge is -1.89. The zero-order valence-corrected chi connectivity index (χ0v) is 6.75. The molecule has 0 atom stereocenters. The molecule has 0 aromatic carbocycles. The molecule has 0 N–H and O–H groups in total. The molecular formula is C6H6N4S. The Bertz CT molecular complexity index is 337. The maximum atomic E-state index is 4.16. The quantitative estimate of drug-likeness (QED) is 0.635. The largest absolute Gasteiger partial charge is 0.263 e. The van der Waals surface area contributed by atoms with Crippen molar-refractivity contribution in [2.75, 3.05) is 0 Å². The van der Waals surface area contributed by atoms with Crippen LogP contribution in [0.4, 0.5) is 0 Å². The average molecular weight is 166 g/mol. The van der Waals surface area contributed by atoms with Crippen molar-refractivity contribution >= 4 is 11.3 Å². The topological polar surface area (TPSA) is 43.6 Å². The second kappa shape index (κ2) is 2.43. The zero-order valence-electron chi connectivity index (χ0n) is 5.93. The molecule has 0 bridgehead atoms. The van der Waals surface area contributed by atoms with Crippen molar-refractivity contribution in [2.24, 2.45) is 0 Å². The van der Waals surface area contributed by atoms with Crippen molar-refractivity contribution in [3.8, 4) is 5.13 Å². The lowest BCUT2D eigenvalue weighted by atomic mass is 10.7. The first kappa shape index (κ1) is 6.48. The van der Waals surface area contributed by atoms with Crippen LogP contribution in [0.1, 0.15) is 4.88 Å². The van der Waals surface area contributed by atoms with Crippen molar-refractivity contribution < 1.29 is 0 Å². The molecule has 5 heteroatoms. The Balaban J connectivity index is 2.45. The molecule has 0 aliphatic rings. The summed E-state index contributed by atoms with van der Waals surface area (Å²) in [6.45, 7) is 2.02. The third-order valence-corrected chi connectivity index (χ3v) is 2.17. The molecule has 0 aliphatic carbocycles. The highest BCUT2D eigenvalue weighted by molar-refractivity contribution is 7.13. The number of rotatable bonds is 1. The predicted molar refractivity (Wildman–Crippen MR) is 41.8 cm³/mol. The Hall–Kier alpha value is -1.23. The van der Waals surface area contributed by atoms with Gasteiger partial charge in [-0.05, 0) is 6.92 Å². The molecule has 0 unspecified atom stereocenters. The Labute approximate surface area is 67.5 Å². The number of hydrogen-bond acceptors (Lipinski definition) is 4. The van der Waals surface area contributed by atoms with E-state index < -0.39 is 0 Å². The molecule has 0 spiro atoms. The second-order valence-corrected chi connectivity index (χ2v) is 3.34. The molecular weight excluding hydrogens is 160 g/mol. The van der Waals surface area contributed by atoms with Gasteiger partial charge >= 0.3 is 0 Å². The molecule has 0 amide bonds. The number of aryl methyl sites for hydroxylation is 1. The van der Waals surface area contributed by atoms with E-state index in [2.05, 4.69) is 15.2 Å². The summed E-state index contributed by atoms with van der Waals surface area (Å²) in [5.74, 6) is 0. The van der Waals surface area contributed by atoms with E-state index in [0.29, 0.717) is 0 Å². The summed E-state index contributed by atoms with van der Waals surface area (Å²) in [7, 11) is 0. The molecule has 4 nitrogen and oxygen atoms in total. The van der Waals surface area contributed by atoms with Crippen LogP contribution in [0.5, 0.6) is 0 Å². The summed E-state index contributed by atoms with van der Waals surface area (Å²) in [5, 5.41) is 8.28. The molecule has 0 fully saturated rings. The van der Waals surface area contributed by atoms with Crippen molar-refractivity contribution in [3.63, 3.8) is 0 Å². The van der Waals surface area contributed by atoms with E-state index >= 15 is 0 Å². The number of hydrogen-bond donors (Lipinski definition) is 0. The van der Waals surface area contributed by atoms with E-state index in [0.717, 1.165) is 5.13 Å². The van der Waals surface area contributed by atoms with Gasteiger partial charge in [-0.3, -0.25) is 4.57 Å². The number of nitrogens with zero attached hydrogens (tertiary/aromatic N) is 4. The van der Waals surface area contributed by atoms with Gasteiger partial charge in [0.15, 0.2) is 5.13 Å². The Morgan fingerprint density at radius 2 is 2.09 bits per heavy atom. The van der Waals surface area contributed by atoms with Gasteiger partial charge in [0.05, 0.1) is 0 Å². The fourth-order valence-electron chi connectivity index (χ4n) is 0.762. The normalized spacial score (nSPS) is 10.3. The van der Waals surface area contributed by atoms with Gasteiger partial charge < -0.3 is 0 Å². The molecule has 2 aromatic heterocycles. The van der Waals surface area contributed by atoms with Gasteiger partial charge in [-0.2, -0.15) is 0 Å². The summed E-state index contributed by atoms with van der Waals surface area (Å²) in [6, 6.07) is 0. The van der Waals surface area contributed by atoms with Gasteiger partial charge in [0, 0.05) is 11.1 Å². The third-order valence-electron chi connectivity index (χ3n) is 1.25. The smallest absolute Gasteiger partial charge is 0.196 e. The van der Waals surface area contributed by atoms with E-state index in [-0.39, 0.29) is 0 Å².